The highest BCUT2D eigenvalue weighted by Crippen LogP contribution is 2.28. The minimum atomic E-state index is 0.0739. The Bertz CT molecular complexity index is 441. The van der Waals surface area contributed by atoms with E-state index < -0.39 is 0 Å². The molecular weight excluding hydrogens is 240 g/mol. The molecule has 1 saturated carbocycles. The molecule has 3 N–H and O–H groups in total. The van der Waals surface area contributed by atoms with E-state index >= 15 is 0 Å². The number of aromatic nitrogens is 1. The van der Waals surface area contributed by atoms with Crippen LogP contribution < -0.4 is 10.6 Å². The molecule has 0 radical (unpaired) electrons. The molecule has 5 nitrogen and oxygen atoms in total. The van der Waals surface area contributed by atoms with Crippen LogP contribution in [0, 0.1) is 0 Å². The molecule has 0 amide bonds. The fraction of sp³-hybridized carbons (Fsp3) is 0.571. The molecule has 1 aliphatic carbocycles. The summed E-state index contributed by atoms with van der Waals surface area (Å²) >= 11 is 0. The number of hydrogen-bond donors (Lipinski definition) is 2. The molecule has 0 aliphatic heterocycles. The number of rotatable bonds is 4. The number of hydrogen-bond acceptors (Lipinski definition) is 4. The lowest BCUT2D eigenvalue weighted by Gasteiger charge is -2.36. The van der Waals surface area contributed by atoms with E-state index in [0.717, 1.165) is 12.2 Å². The summed E-state index contributed by atoms with van der Waals surface area (Å²) in [5.74, 6) is 0.0739. The van der Waals surface area contributed by atoms with Gasteiger partial charge in [-0.3, -0.25) is 4.98 Å². The van der Waals surface area contributed by atoms with Crippen molar-refractivity contribution in [2.24, 2.45) is 10.9 Å². The van der Waals surface area contributed by atoms with Crippen molar-refractivity contribution >= 4 is 11.5 Å². The largest absolute Gasteiger partial charge is 0.409 e. The van der Waals surface area contributed by atoms with Crippen LogP contribution in [0.4, 0.5) is 5.69 Å². The van der Waals surface area contributed by atoms with E-state index in [1.165, 1.54) is 32.1 Å². The van der Waals surface area contributed by atoms with Crippen molar-refractivity contribution in [2.45, 2.75) is 45.1 Å². The fourth-order valence-electron chi connectivity index (χ4n) is 2.89. The lowest BCUT2D eigenvalue weighted by Crippen LogP contribution is -2.38. The highest BCUT2D eigenvalue weighted by atomic mass is 16.4. The van der Waals surface area contributed by atoms with Crippen LogP contribution in [0.25, 0.3) is 0 Å². The van der Waals surface area contributed by atoms with Crippen LogP contribution in [-0.4, -0.2) is 28.6 Å². The van der Waals surface area contributed by atoms with Crippen LogP contribution in [0.1, 0.15) is 44.7 Å². The summed E-state index contributed by atoms with van der Waals surface area (Å²) in [6.45, 7) is 3.04. The molecule has 104 valence electrons. The van der Waals surface area contributed by atoms with E-state index in [-0.39, 0.29) is 5.84 Å². The van der Waals surface area contributed by atoms with Gasteiger partial charge in [0.1, 0.15) is 5.69 Å². The average Bonchev–Trinajstić information content (AvgIpc) is 2.49. The van der Waals surface area contributed by atoms with Crippen molar-refractivity contribution in [1.82, 2.24) is 4.98 Å². The zero-order valence-corrected chi connectivity index (χ0v) is 11.4. The predicted molar refractivity (Wildman–Crippen MR) is 76.6 cm³/mol. The monoisotopic (exact) mass is 262 g/mol. The Morgan fingerprint density at radius 2 is 2.21 bits per heavy atom. The van der Waals surface area contributed by atoms with Gasteiger partial charge in [-0.2, -0.15) is 0 Å². The summed E-state index contributed by atoms with van der Waals surface area (Å²) < 4.78 is 0. The van der Waals surface area contributed by atoms with Gasteiger partial charge >= 0.3 is 0 Å². The van der Waals surface area contributed by atoms with Gasteiger partial charge in [0.25, 0.3) is 0 Å². The smallest absolute Gasteiger partial charge is 0.190 e. The first-order chi connectivity index (χ1) is 9.27. The van der Waals surface area contributed by atoms with E-state index in [0.29, 0.717) is 11.7 Å². The van der Waals surface area contributed by atoms with Crippen molar-refractivity contribution in [3.8, 4) is 0 Å². The third kappa shape index (κ3) is 2.97. The van der Waals surface area contributed by atoms with Crippen LogP contribution in [0.2, 0.25) is 0 Å². The summed E-state index contributed by atoms with van der Waals surface area (Å²) in [6.07, 6.45) is 7.97. The molecule has 0 unspecified atom stereocenters. The van der Waals surface area contributed by atoms with Crippen molar-refractivity contribution in [3.05, 3.63) is 24.0 Å². The standard InChI is InChI=1S/C14H22N4O/c1-2-18(11-7-4-3-5-8-11)12-9-6-10-16-13(12)14(15)17-19/h6,9-11,19H,2-5,7-8H2,1H3,(H2,15,17). The Kier molecular flexibility index (Phi) is 4.60. The van der Waals surface area contributed by atoms with E-state index in [2.05, 4.69) is 22.0 Å². The SMILES string of the molecule is CCN(c1cccnc1/C(N)=N/O)C1CCCCC1. The molecule has 0 saturated heterocycles. The zero-order chi connectivity index (χ0) is 13.7. The molecule has 2 rings (SSSR count). The van der Waals surface area contributed by atoms with Gasteiger partial charge in [0.05, 0.1) is 5.69 Å². The van der Waals surface area contributed by atoms with Gasteiger partial charge in [0.15, 0.2) is 5.84 Å². The highest BCUT2D eigenvalue weighted by Gasteiger charge is 2.23. The second-order valence-electron chi connectivity index (χ2n) is 4.93. The molecule has 0 spiro atoms. The number of pyridine rings is 1. The van der Waals surface area contributed by atoms with E-state index in [4.69, 9.17) is 10.9 Å². The summed E-state index contributed by atoms with van der Waals surface area (Å²) in [4.78, 5) is 6.59. The van der Waals surface area contributed by atoms with E-state index in [1.807, 2.05) is 12.1 Å². The quantitative estimate of drug-likeness (QED) is 0.378. The average molecular weight is 262 g/mol. The van der Waals surface area contributed by atoms with Crippen molar-refractivity contribution < 1.29 is 5.21 Å². The number of nitrogens with two attached hydrogens (primary N) is 1. The first-order valence-electron chi connectivity index (χ1n) is 6.97. The van der Waals surface area contributed by atoms with Crippen LogP contribution in [0.5, 0.6) is 0 Å². The number of nitrogens with zero attached hydrogens (tertiary/aromatic N) is 3. The lowest BCUT2D eigenvalue weighted by molar-refractivity contribution is 0.318. The molecule has 0 aromatic carbocycles. The molecule has 0 bridgehead atoms. The van der Waals surface area contributed by atoms with Crippen LogP contribution in [0.15, 0.2) is 23.5 Å². The van der Waals surface area contributed by atoms with Gasteiger partial charge in [-0.15, -0.1) is 0 Å². The molecule has 1 aliphatic rings. The summed E-state index contributed by atoms with van der Waals surface area (Å²) in [5, 5.41) is 12.0. The molecular formula is C14H22N4O. The topological polar surface area (TPSA) is 74.7 Å². The van der Waals surface area contributed by atoms with E-state index in [9.17, 15) is 0 Å². The van der Waals surface area contributed by atoms with Crippen LogP contribution in [0.3, 0.4) is 0 Å². The first kappa shape index (κ1) is 13.6. The molecule has 1 aromatic heterocycles. The third-order valence-electron chi connectivity index (χ3n) is 3.80. The lowest BCUT2D eigenvalue weighted by atomic mass is 9.93. The van der Waals surface area contributed by atoms with Crippen molar-refractivity contribution in [3.63, 3.8) is 0 Å². The minimum absolute atomic E-state index is 0.0739. The molecule has 5 heteroatoms. The highest BCUT2D eigenvalue weighted by molar-refractivity contribution is 6.00. The van der Waals surface area contributed by atoms with Gasteiger partial charge in [-0.1, -0.05) is 24.4 Å². The Labute approximate surface area is 114 Å². The Balaban J connectivity index is 2.32. The number of oxime groups is 1. The van der Waals surface area contributed by atoms with Gasteiger partial charge in [0.2, 0.25) is 0 Å². The van der Waals surface area contributed by atoms with Gasteiger partial charge in [-0.05, 0) is 31.9 Å². The fourth-order valence-corrected chi connectivity index (χ4v) is 2.89. The molecule has 1 fully saturated rings. The normalized spacial score (nSPS) is 17.4. The minimum Gasteiger partial charge on any atom is -0.409 e. The molecule has 1 heterocycles. The number of anilines is 1. The maximum atomic E-state index is 8.88. The molecule has 0 atom stereocenters. The summed E-state index contributed by atoms with van der Waals surface area (Å²) in [5.41, 5.74) is 7.26. The molecule has 1 aromatic rings. The van der Waals surface area contributed by atoms with Gasteiger partial charge in [-0.25, -0.2) is 0 Å². The second-order valence-corrected chi connectivity index (χ2v) is 4.93. The third-order valence-corrected chi connectivity index (χ3v) is 3.80. The molecule has 19 heavy (non-hydrogen) atoms. The predicted octanol–water partition coefficient (Wildman–Crippen LogP) is 2.34. The van der Waals surface area contributed by atoms with Crippen molar-refractivity contribution in [1.29, 1.82) is 0 Å². The van der Waals surface area contributed by atoms with Gasteiger partial charge < -0.3 is 15.8 Å². The second kappa shape index (κ2) is 6.41. The van der Waals surface area contributed by atoms with Crippen molar-refractivity contribution in [2.75, 3.05) is 11.4 Å². The first-order valence-corrected chi connectivity index (χ1v) is 6.97. The summed E-state index contributed by atoms with van der Waals surface area (Å²) in [7, 11) is 0. The van der Waals surface area contributed by atoms with Crippen LogP contribution in [-0.2, 0) is 0 Å². The number of amidine groups is 1. The Morgan fingerprint density at radius 1 is 1.47 bits per heavy atom. The zero-order valence-electron chi connectivity index (χ0n) is 11.4. The maximum absolute atomic E-state index is 8.88. The summed E-state index contributed by atoms with van der Waals surface area (Å²) in [6, 6.07) is 4.43. The Morgan fingerprint density at radius 3 is 2.84 bits per heavy atom. The van der Waals surface area contributed by atoms with Crippen LogP contribution >= 0.6 is 0 Å². The maximum Gasteiger partial charge on any atom is 0.190 e. The van der Waals surface area contributed by atoms with Gasteiger partial charge in [0, 0.05) is 18.8 Å². The Hall–Kier alpha value is -1.78. The van der Waals surface area contributed by atoms with E-state index in [1.54, 1.807) is 6.20 Å².